The van der Waals surface area contributed by atoms with Gasteiger partial charge in [0.2, 0.25) is 0 Å². The number of nitrogens with one attached hydrogen (secondary N) is 1. The summed E-state index contributed by atoms with van der Waals surface area (Å²) in [5.41, 5.74) is 6.44. The van der Waals surface area contributed by atoms with E-state index in [1.807, 2.05) is 0 Å². The quantitative estimate of drug-likeness (QED) is 0.877. The van der Waals surface area contributed by atoms with E-state index in [0.717, 1.165) is 25.7 Å². The zero-order chi connectivity index (χ0) is 14.8. The van der Waals surface area contributed by atoms with Crippen LogP contribution in [0.3, 0.4) is 0 Å². The van der Waals surface area contributed by atoms with Crippen molar-refractivity contribution in [1.29, 1.82) is 0 Å². The maximum absolute atomic E-state index is 12.3. The minimum absolute atomic E-state index is 0.154. The molecule has 2 aliphatic carbocycles. The van der Waals surface area contributed by atoms with E-state index in [1.165, 1.54) is 6.42 Å². The standard InChI is InChI=1S/C15H23N3O3/c1-20-8-12-7-13(18-21-12)15(19)17-14-9-3-2-4-10(14)6-11(16)5-9/h7,9-11,14H,2-6,8,16H2,1H3,(H,17,19). The Morgan fingerprint density at radius 1 is 1.48 bits per heavy atom. The highest BCUT2D eigenvalue weighted by atomic mass is 16.5. The van der Waals surface area contributed by atoms with Gasteiger partial charge in [0, 0.05) is 25.3 Å². The molecule has 2 bridgehead atoms. The fourth-order valence-electron chi connectivity index (χ4n) is 3.88. The van der Waals surface area contributed by atoms with Gasteiger partial charge in [-0.15, -0.1) is 0 Å². The molecule has 2 saturated carbocycles. The lowest BCUT2D eigenvalue weighted by Gasteiger charge is -2.45. The first-order valence-corrected chi connectivity index (χ1v) is 7.68. The molecule has 0 radical (unpaired) electrons. The van der Waals surface area contributed by atoms with Crippen molar-refractivity contribution in [1.82, 2.24) is 10.5 Å². The molecule has 21 heavy (non-hydrogen) atoms. The molecule has 1 amide bonds. The Morgan fingerprint density at radius 2 is 2.19 bits per heavy atom. The molecular weight excluding hydrogens is 270 g/mol. The van der Waals surface area contributed by atoms with Crippen molar-refractivity contribution in [3.63, 3.8) is 0 Å². The number of ether oxygens (including phenoxy) is 1. The molecule has 1 aromatic heterocycles. The van der Waals surface area contributed by atoms with E-state index in [2.05, 4.69) is 10.5 Å². The molecule has 0 aliphatic heterocycles. The number of carbonyl (C=O) groups is 1. The molecule has 1 aromatic rings. The molecule has 0 saturated heterocycles. The number of amides is 1. The van der Waals surface area contributed by atoms with Crippen LogP contribution in [0.25, 0.3) is 0 Å². The molecule has 0 spiro atoms. The number of fused-ring (bicyclic) bond motifs is 2. The molecule has 2 fully saturated rings. The lowest BCUT2D eigenvalue weighted by Crippen LogP contribution is -2.53. The normalized spacial score (nSPS) is 31.9. The van der Waals surface area contributed by atoms with Crippen LogP contribution in [0, 0.1) is 11.8 Å². The Hall–Kier alpha value is -1.40. The zero-order valence-electron chi connectivity index (χ0n) is 12.4. The second-order valence-corrected chi connectivity index (χ2v) is 6.29. The topological polar surface area (TPSA) is 90.4 Å². The van der Waals surface area contributed by atoms with Gasteiger partial charge in [-0.3, -0.25) is 4.79 Å². The van der Waals surface area contributed by atoms with Gasteiger partial charge in [-0.2, -0.15) is 0 Å². The third-order valence-electron chi connectivity index (χ3n) is 4.75. The summed E-state index contributed by atoms with van der Waals surface area (Å²) in [7, 11) is 1.58. The van der Waals surface area contributed by atoms with Crippen LogP contribution in [-0.4, -0.2) is 30.3 Å². The number of methoxy groups -OCH3 is 1. The van der Waals surface area contributed by atoms with E-state index < -0.39 is 0 Å². The first kappa shape index (κ1) is 14.5. The number of carbonyl (C=O) groups excluding carboxylic acids is 1. The molecular formula is C15H23N3O3. The van der Waals surface area contributed by atoms with Gasteiger partial charge in [0.1, 0.15) is 6.61 Å². The lowest BCUT2D eigenvalue weighted by molar-refractivity contribution is 0.0748. The molecule has 3 rings (SSSR count). The average Bonchev–Trinajstić information content (AvgIpc) is 2.89. The summed E-state index contributed by atoms with van der Waals surface area (Å²) >= 11 is 0. The third kappa shape index (κ3) is 3.11. The number of rotatable bonds is 4. The molecule has 116 valence electrons. The highest BCUT2D eigenvalue weighted by molar-refractivity contribution is 5.92. The van der Waals surface area contributed by atoms with Gasteiger partial charge in [-0.25, -0.2) is 0 Å². The van der Waals surface area contributed by atoms with Crippen molar-refractivity contribution in [3.8, 4) is 0 Å². The van der Waals surface area contributed by atoms with Crippen molar-refractivity contribution in [2.45, 2.75) is 50.8 Å². The summed E-state index contributed by atoms with van der Waals surface area (Å²) in [5.74, 6) is 1.41. The fraction of sp³-hybridized carbons (Fsp3) is 0.733. The minimum Gasteiger partial charge on any atom is -0.377 e. The van der Waals surface area contributed by atoms with Crippen molar-refractivity contribution < 1.29 is 14.1 Å². The van der Waals surface area contributed by atoms with Gasteiger partial charge < -0.3 is 20.3 Å². The number of hydrogen-bond acceptors (Lipinski definition) is 5. The van der Waals surface area contributed by atoms with E-state index in [9.17, 15) is 4.79 Å². The predicted octanol–water partition coefficient (Wildman–Crippen LogP) is 1.46. The van der Waals surface area contributed by atoms with E-state index in [-0.39, 0.29) is 18.0 Å². The van der Waals surface area contributed by atoms with E-state index in [0.29, 0.717) is 29.9 Å². The highest BCUT2D eigenvalue weighted by Gasteiger charge is 2.40. The van der Waals surface area contributed by atoms with Gasteiger partial charge >= 0.3 is 0 Å². The summed E-state index contributed by atoms with van der Waals surface area (Å²) in [4.78, 5) is 12.3. The van der Waals surface area contributed by atoms with E-state index >= 15 is 0 Å². The summed E-state index contributed by atoms with van der Waals surface area (Å²) < 4.78 is 10.0. The monoisotopic (exact) mass is 293 g/mol. The first-order valence-electron chi connectivity index (χ1n) is 7.68. The van der Waals surface area contributed by atoms with Gasteiger partial charge in [0.15, 0.2) is 11.5 Å². The summed E-state index contributed by atoms with van der Waals surface area (Å²) in [6.07, 6.45) is 5.58. The Bertz CT molecular complexity index is 488. The predicted molar refractivity (Wildman–Crippen MR) is 76.5 cm³/mol. The Kier molecular flexibility index (Phi) is 4.26. The summed E-state index contributed by atoms with van der Waals surface area (Å²) in [5, 5.41) is 6.97. The molecule has 0 aromatic carbocycles. The maximum atomic E-state index is 12.3. The number of aromatic nitrogens is 1. The van der Waals surface area contributed by atoms with Crippen LogP contribution in [0.1, 0.15) is 48.4 Å². The molecule has 3 N–H and O–H groups in total. The van der Waals surface area contributed by atoms with Crippen molar-refractivity contribution in [3.05, 3.63) is 17.5 Å². The second-order valence-electron chi connectivity index (χ2n) is 6.29. The number of nitrogens with two attached hydrogens (primary N) is 1. The Labute approximate surface area is 124 Å². The maximum Gasteiger partial charge on any atom is 0.273 e. The van der Waals surface area contributed by atoms with Crippen molar-refractivity contribution in [2.75, 3.05) is 7.11 Å². The third-order valence-corrected chi connectivity index (χ3v) is 4.75. The fourth-order valence-corrected chi connectivity index (χ4v) is 3.88. The smallest absolute Gasteiger partial charge is 0.273 e. The van der Waals surface area contributed by atoms with Crippen LogP contribution in [-0.2, 0) is 11.3 Å². The molecule has 2 aliphatic rings. The van der Waals surface area contributed by atoms with Gasteiger partial charge in [-0.1, -0.05) is 11.6 Å². The SMILES string of the molecule is COCc1cc(C(=O)NC2C3CCCC2CC(N)C3)no1. The van der Waals surface area contributed by atoms with Crippen LogP contribution >= 0.6 is 0 Å². The Balaban J connectivity index is 1.66. The molecule has 2 atom stereocenters. The van der Waals surface area contributed by atoms with Crippen molar-refractivity contribution in [2.24, 2.45) is 17.6 Å². The molecule has 6 nitrogen and oxygen atoms in total. The number of hydrogen-bond donors (Lipinski definition) is 2. The largest absolute Gasteiger partial charge is 0.377 e. The van der Waals surface area contributed by atoms with Gasteiger partial charge in [-0.05, 0) is 37.5 Å². The van der Waals surface area contributed by atoms with Crippen molar-refractivity contribution >= 4 is 5.91 Å². The lowest BCUT2D eigenvalue weighted by atomic mass is 9.67. The zero-order valence-corrected chi connectivity index (χ0v) is 12.4. The van der Waals surface area contributed by atoms with Crippen LogP contribution in [0.15, 0.2) is 10.6 Å². The van der Waals surface area contributed by atoms with E-state index in [1.54, 1.807) is 13.2 Å². The van der Waals surface area contributed by atoms with Gasteiger partial charge in [0.05, 0.1) is 0 Å². The van der Waals surface area contributed by atoms with E-state index in [4.69, 9.17) is 15.0 Å². The van der Waals surface area contributed by atoms with Crippen LogP contribution in [0.5, 0.6) is 0 Å². The molecule has 6 heteroatoms. The van der Waals surface area contributed by atoms with Crippen LogP contribution in [0.4, 0.5) is 0 Å². The molecule has 2 unspecified atom stereocenters. The summed E-state index contributed by atoms with van der Waals surface area (Å²) in [6.45, 7) is 0.323. The van der Waals surface area contributed by atoms with Gasteiger partial charge in [0.25, 0.3) is 5.91 Å². The second kappa shape index (κ2) is 6.15. The first-order chi connectivity index (χ1) is 10.2. The summed E-state index contributed by atoms with van der Waals surface area (Å²) in [6, 6.07) is 2.16. The molecule has 1 heterocycles. The Morgan fingerprint density at radius 3 is 2.86 bits per heavy atom. The van der Waals surface area contributed by atoms with Crippen LogP contribution < -0.4 is 11.1 Å². The average molecular weight is 293 g/mol. The number of nitrogens with zero attached hydrogens (tertiary/aromatic N) is 1. The minimum atomic E-state index is -0.154. The highest BCUT2D eigenvalue weighted by Crippen LogP contribution is 2.39. The van der Waals surface area contributed by atoms with Crippen LogP contribution in [0.2, 0.25) is 0 Å².